The van der Waals surface area contributed by atoms with Crippen molar-refractivity contribution in [2.75, 3.05) is 18.7 Å². The number of nitrogen functional groups attached to an aromatic ring is 1. The summed E-state index contributed by atoms with van der Waals surface area (Å²) >= 11 is 0. The molecule has 1 unspecified atom stereocenters. The summed E-state index contributed by atoms with van der Waals surface area (Å²) in [5.41, 5.74) is 5.92. The molecule has 186 valence electrons. The Morgan fingerprint density at radius 1 is 1.23 bits per heavy atom. The van der Waals surface area contributed by atoms with Crippen LogP contribution in [0.2, 0.25) is 0 Å². The SMILES string of the molecule is Cc1oc(=O)oc1COP(=O)(COCCn1cnc2c(=O)[nH]c(N)nc21)OCc1cccc(F)c1. The zero-order valence-electron chi connectivity index (χ0n) is 18.4. The van der Waals surface area contributed by atoms with Gasteiger partial charge in [0.2, 0.25) is 5.95 Å². The molecule has 0 fully saturated rings. The standard InChI is InChI=1S/C20H21FN5O8P/c1-12-15(34-20(28)33-12)9-32-35(29,31-8-13-3-2-4-14(21)7-13)11-30-6-5-26-10-23-16-17(26)24-19(22)25-18(16)27/h2-4,7,10H,5-6,8-9,11H2,1H3,(H3,22,24,25,27). The van der Waals surface area contributed by atoms with Gasteiger partial charge in [-0.1, -0.05) is 12.1 Å². The van der Waals surface area contributed by atoms with Gasteiger partial charge in [0, 0.05) is 6.54 Å². The van der Waals surface area contributed by atoms with Gasteiger partial charge in [0.1, 0.15) is 24.5 Å². The molecule has 0 saturated heterocycles. The summed E-state index contributed by atoms with van der Waals surface area (Å²) in [5, 5.41) is 0. The molecule has 3 N–H and O–H groups in total. The Bertz CT molecular complexity index is 1490. The molecule has 0 bridgehead atoms. The minimum atomic E-state index is -3.91. The van der Waals surface area contributed by atoms with E-state index < -0.39 is 31.1 Å². The third kappa shape index (κ3) is 6.11. The van der Waals surface area contributed by atoms with Crippen molar-refractivity contribution >= 4 is 24.7 Å². The van der Waals surface area contributed by atoms with E-state index in [2.05, 4.69) is 15.0 Å². The van der Waals surface area contributed by atoms with Gasteiger partial charge in [0.05, 0.1) is 19.5 Å². The number of rotatable bonds is 11. The summed E-state index contributed by atoms with van der Waals surface area (Å²) in [4.78, 5) is 33.5. The highest BCUT2D eigenvalue weighted by molar-refractivity contribution is 7.53. The number of nitrogens with one attached hydrogen (secondary N) is 1. The molecule has 0 spiro atoms. The van der Waals surface area contributed by atoms with Crippen LogP contribution in [0.4, 0.5) is 10.3 Å². The summed E-state index contributed by atoms with van der Waals surface area (Å²) in [6.45, 7) is 1.12. The van der Waals surface area contributed by atoms with Gasteiger partial charge in [-0.15, -0.1) is 0 Å². The molecule has 1 aromatic carbocycles. The monoisotopic (exact) mass is 509 g/mol. The molecule has 3 heterocycles. The minimum Gasteiger partial charge on any atom is -0.396 e. The zero-order valence-corrected chi connectivity index (χ0v) is 19.3. The molecule has 35 heavy (non-hydrogen) atoms. The average Bonchev–Trinajstić information content (AvgIpc) is 3.36. The van der Waals surface area contributed by atoms with Crippen molar-refractivity contribution in [1.82, 2.24) is 19.5 Å². The number of nitrogens with zero attached hydrogens (tertiary/aromatic N) is 3. The van der Waals surface area contributed by atoms with Gasteiger partial charge >= 0.3 is 13.4 Å². The molecule has 4 rings (SSSR count). The Hall–Kier alpha value is -3.58. The third-order valence-electron chi connectivity index (χ3n) is 4.76. The number of imidazole rings is 1. The molecule has 3 aromatic heterocycles. The first kappa shape index (κ1) is 24.5. The van der Waals surface area contributed by atoms with E-state index in [-0.39, 0.29) is 55.0 Å². The smallest absolute Gasteiger partial charge is 0.396 e. The maximum Gasteiger partial charge on any atom is 0.519 e. The average molecular weight is 509 g/mol. The van der Waals surface area contributed by atoms with Crippen molar-refractivity contribution in [2.24, 2.45) is 0 Å². The van der Waals surface area contributed by atoms with Crippen molar-refractivity contribution < 1.29 is 31.6 Å². The van der Waals surface area contributed by atoms with Crippen LogP contribution in [-0.2, 0) is 38.1 Å². The van der Waals surface area contributed by atoms with Crippen LogP contribution in [0.3, 0.4) is 0 Å². The molecule has 0 saturated carbocycles. The van der Waals surface area contributed by atoms with E-state index >= 15 is 0 Å². The number of ether oxygens (including phenoxy) is 1. The van der Waals surface area contributed by atoms with Gasteiger partial charge in [-0.3, -0.25) is 18.9 Å². The Balaban J connectivity index is 1.41. The molecule has 0 radical (unpaired) electrons. The van der Waals surface area contributed by atoms with Crippen molar-refractivity contribution in [3.05, 3.63) is 74.5 Å². The maximum absolute atomic E-state index is 13.5. The predicted octanol–water partition coefficient (Wildman–Crippen LogP) is 2.30. The molecular formula is C20H21FN5O8P. The number of aromatic amines is 1. The fourth-order valence-electron chi connectivity index (χ4n) is 3.05. The Labute approximate surface area is 196 Å². The summed E-state index contributed by atoms with van der Waals surface area (Å²) in [7, 11) is -3.91. The van der Waals surface area contributed by atoms with Crippen LogP contribution < -0.4 is 17.1 Å². The fourth-order valence-corrected chi connectivity index (χ4v) is 4.28. The lowest BCUT2D eigenvalue weighted by Gasteiger charge is -2.18. The van der Waals surface area contributed by atoms with Crippen LogP contribution in [0.1, 0.15) is 17.1 Å². The number of H-pyrrole nitrogens is 1. The Kier molecular flexibility index (Phi) is 7.26. The van der Waals surface area contributed by atoms with E-state index in [4.69, 9.17) is 28.4 Å². The maximum atomic E-state index is 13.5. The highest BCUT2D eigenvalue weighted by Gasteiger charge is 2.27. The van der Waals surface area contributed by atoms with Gasteiger partial charge in [-0.2, -0.15) is 4.98 Å². The summed E-state index contributed by atoms with van der Waals surface area (Å²) in [6, 6.07) is 5.58. The van der Waals surface area contributed by atoms with E-state index in [9.17, 15) is 18.5 Å². The van der Waals surface area contributed by atoms with Crippen molar-refractivity contribution in [2.45, 2.75) is 26.7 Å². The number of anilines is 1. The lowest BCUT2D eigenvalue weighted by Crippen LogP contribution is -2.13. The normalized spacial score (nSPS) is 13.3. The number of halogens is 1. The van der Waals surface area contributed by atoms with Crippen LogP contribution in [0.5, 0.6) is 0 Å². The zero-order chi connectivity index (χ0) is 25.0. The van der Waals surface area contributed by atoms with Crippen LogP contribution in [0, 0.1) is 12.7 Å². The number of aromatic nitrogens is 4. The highest BCUT2D eigenvalue weighted by Crippen LogP contribution is 2.49. The van der Waals surface area contributed by atoms with Gasteiger partial charge < -0.3 is 28.4 Å². The number of benzene rings is 1. The number of aryl methyl sites for hydroxylation is 1. The topological polar surface area (TPSA) is 178 Å². The molecular weight excluding hydrogens is 488 g/mol. The highest BCUT2D eigenvalue weighted by atomic mass is 31.2. The van der Waals surface area contributed by atoms with E-state index in [1.165, 1.54) is 31.5 Å². The predicted molar refractivity (Wildman–Crippen MR) is 119 cm³/mol. The van der Waals surface area contributed by atoms with Gasteiger partial charge in [-0.05, 0) is 24.6 Å². The molecule has 0 amide bonds. The van der Waals surface area contributed by atoms with Crippen molar-refractivity contribution in [3.63, 3.8) is 0 Å². The van der Waals surface area contributed by atoms with E-state index in [1.807, 2.05) is 0 Å². The molecule has 13 nitrogen and oxygen atoms in total. The first-order chi connectivity index (χ1) is 16.7. The van der Waals surface area contributed by atoms with Gasteiger partial charge in [-0.25, -0.2) is 14.2 Å². The van der Waals surface area contributed by atoms with Crippen molar-refractivity contribution in [1.29, 1.82) is 0 Å². The number of hydrogen-bond donors (Lipinski definition) is 2. The van der Waals surface area contributed by atoms with E-state index in [0.29, 0.717) is 5.56 Å². The molecule has 0 aliphatic heterocycles. The van der Waals surface area contributed by atoms with Crippen LogP contribution >= 0.6 is 7.60 Å². The summed E-state index contributed by atoms with van der Waals surface area (Å²) < 4.78 is 54.4. The summed E-state index contributed by atoms with van der Waals surface area (Å²) in [5.74, 6) is -1.25. The lowest BCUT2D eigenvalue weighted by molar-refractivity contribution is 0.114. The molecule has 1 atom stereocenters. The van der Waals surface area contributed by atoms with E-state index in [0.717, 1.165) is 0 Å². The number of nitrogens with two attached hydrogens (primary N) is 1. The number of fused-ring (bicyclic) bond motifs is 1. The molecule has 0 aliphatic rings. The third-order valence-corrected chi connectivity index (χ3v) is 6.31. The minimum absolute atomic E-state index is 0.0241. The van der Waals surface area contributed by atoms with Crippen LogP contribution in [0.15, 0.2) is 49.0 Å². The molecule has 4 aromatic rings. The Morgan fingerprint density at radius 3 is 2.77 bits per heavy atom. The fraction of sp³-hybridized carbons (Fsp3) is 0.300. The first-order valence-electron chi connectivity index (χ1n) is 10.2. The number of hydrogen-bond acceptors (Lipinski definition) is 11. The second kappa shape index (κ2) is 10.4. The molecule has 15 heteroatoms. The first-order valence-corrected chi connectivity index (χ1v) is 12.0. The van der Waals surface area contributed by atoms with Gasteiger partial charge in [0.25, 0.3) is 5.56 Å². The Morgan fingerprint density at radius 2 is 2.03 bits per heavy atom. The summed E-state index contributed by atoms with van der Waals surface area (Å²) in [6.07, 6.45) is 0.933. The largest absolute Gasteiger partial charge is 0.519 e. The van der Waals surface area contributed by atoms with Crippen molar-refractivity contribution in [3.8, 4) is 0 Å². The lowest BCUT2D eigenvalue weighted by atomic mass is 10.2. The van der Waals surface area contributed by atoms with E-state index in [1.54, 1.807) is 10.6 Å². The second-order valence-corrected chi connectivity index (χ2v) is 9.32. The molecule has 0 aliphatic carbocycles. The quantitative estimate of drug-likeness (QED) is 0.224. The van der Waals surface area contributed by atoms with Crippen LogP contribution in [-0.4, -0.2) is 32.5 Å². The second-order valence-electron chi connectivity index (χ2n) is 7.32. The van der Waals surface area contributed by atoms with Gasteiger partial charge in [0.15, 0.2) is 16.9 Å². The van der Waals surface area contributed by atoms with Crippen LogP contribution in [0.25, 0.3) is 11.2 Å².